The summed E-state index contributed by atoms with van der Waals surface area (Å²) in [6, 6.07) is 0. The van der Waals surface area contributed by atoms with Gasteiger partial charge in [-0.3, -0.25) is 4.79 Å². The van der Waals surface area contributed by atoms with Crippen LogP contribution < -0.4 is 0 Å². The van der Waals surface area contributed by atoms with Crippen LogP contribution in [0.15, 0.2) is 0 Å². The molecule has 1 aliphatic heterocycles. The van der Waals surface area contributed by atoms with E-state index in [9.17, 15) is 18.0 Å². The largest absolute Gasteiger partial charge is 0.741 e. The van der Waals surface area contributed by atoms with Gasteiger partial charge < -0.3 is 4.55 Å². The number of rotatable bonds is 3. The smallest absolute Gasteiger partial charge is 0.485 e. The third-order valence-corrected chi connectivity index (χ3v) is 5.22. The van der Waals surface area contributed by atoms with E-state index in [1.807, 2.05) is 0 Å². The van der Waals surface area contributed by atoms with E-state index in [4.69, 9.17) is 13.0 Å². The third-order valence-electron chi connectivity index (χ3n) is 2.14. The molecule has 0 aromatic rings. The SMILES string of the molecule is CC(=O)CC[S+]1CCCC1.O=S(=O)([O-])C(F)(F)F. The minimum absolute atomic E-state index is 0.361. The minimum atomic E-state index is -6.09. The van der Waals surface area contributed by atoms with Crippen molar-refractivity contribution in [2.24, 2.45) is 0 Å². The summed E-state index contributed by atoms with van der Waals surface area (Å²) < 4.78 is 58.9. The highest BCUT2D eigenvalue weighted by atomic mass is 32.2. The van der Waals surface area contributed by atoms with Crippen LogP contribution in [0.4, 0.5) is 13.2 Å². The van der Waals surface area contributed by atoms with Gasteiger partial charge in [-0.2, -0.15) is 13.2 Å². The van der Waals surface area contributed by atoms with Crippen molar-refractivity contribution in [3.8, 4) is 0 Å². The summed E-state index contributed by atoms with van der Waals surface area (Å²) in [5, 5.41) is 0. The molecule has 9 heteroatoms. The predicted molar refractivity (Wildman–Crippen MR) is 62.3 cm³/mol. The number of hydrogen-bond donors (Lipinski definition) is 0. The zero-order chi connectivity index (χ0) is 14.4. The Morgan fingerprint density at radius 1 is 1.28 bits per heavy atom. The number of Topliss-reactive ketones (excluding diaryl/α,β-unsaturated/α-hetero) is 1. The molecule has 1 fully saturated rings. The van der Waals surface area contributed by atoms with E-state index in [-0.39, 0.29) is 0 Å². The van der Waals surface area contributed by atoms with Gasteiger partial charge in [0.2, 0.25) is 0 Å². The van der Waals surface area contributed by atoms with E-state index in [0.29, 0.717) is 16.7 Å². The van der Waals surface area contributed by atoms with Gasteiger partial charge in [0, 0.05) is 0 Å². The lowest BCUT2D eigenvalue weighted by Gasteiger charge is -2.08. The van der Waals surface area contributed by atoms with Crippen molar-refractivity contribution in [1.82, 2.24) is 0 Å². The molecule has 0 aromatic carbocycles. The van der Waals surface area contributed by atoms with Crippen LogP contribution in [0.1, 0.15) is 26.2 Å². The van der Waals surface area contributed by atoms with Crippen molar-refractivity contribution in [2.45, 2.75) is 31.7 Å². The van der Waals surface area contributed by atoms with Crippen molar-refractivity contribution < 1.29 is 30.9 Å². The van der Waals surface area contributed by atoms with Crippen molar-refractivity contribution in [3.05, 3.63) is 0 Å². The Morgan fingerprint density at radius 3 is 1.94 bits per heavy atom. The summed E-state index contributed by atoms with van der Waals surface area (Å²) in [7, 11) is -5.46. The van der Waals surface area contributed by atoms with Gasteiger partial charge in [-0.1, -0.05) is 0 Å². The Hall–Kier alpha value is -0.280. The quantitative estimate of drug-likeness (QED) is 0.449. The van der Waals surface area contributed by atoms with Gasteiger partial charge in [-0.15, -0.1) is 0 Å². The fourth-order valence-corrected chi connectivity index (χ4v) is 3.62. The maximum atomic E-state index is 10.7. The van der Waals surface area contributed by atoms with Gasteiger partial charge in [-0.05, 0) is 30.7 Å². The summed E-state index contributed by atoms with van der Waals surface area (Å²) in [4.78, 5) is 10.6. The second-order valence-corrected chi connectivity index (χ2v) is 7.60. The maximum Gasteiger partial charge on any atom is 0.485 e. The van der Waals surface area contributed by atoms with Gasteiger partial charge >= 0.3 is 5.51 Å². The van der Waals surface area contributed by atoms with Crippen LogP contribution in [0.25, 0.3) is 0 Å². The molecule has 0 N–H and O–H groups in total. The summed E-state index contributed by atoms with van der Waals surface area (Å²) in [6.07, 6.45) is 3.63. The molecule has 0 aromatic heterocycles. The first-order valence-electron chi connectivity index (χ1n) is 5.19. The number of carbonyl (C=O) groups excluding carboxylic acids is 1. The average molecular weight is 308 g/mol. The molecular weight excluding hydrogens is 293 g/mol. The molecular formula is C9H15F3O4S2. The molecule has 0 amide bonds. The summed E-state index contributed by atoms with van der Waals surface area (Å²) >= 11 is 0. The van der Waals surface area contributed by atoms with Crippen LogP contribution in [0.3, 0.4) is 0 Å². The Labute approximate surface area is 107 Å². The van der Waals surface area contributed by atoms with Crippen LogP contribution in [-0.2, 0) is 25.8 Å². The first-order valence-corrected chi connectivity index (χ1v) is 8.34. The predicted octanol–water partition coefficient (Wildman–Crippen LogP) is 1.43. The van der Waals surface area contributed by atoms with E-state index in [2.05, 4.69) is 0 Å². The molecule has 1 rings (SSSR count). The minimum Gasteiger partial charge on any atom is -0.741 e. The van der Waals surface area contributed by atoms with Crippen molar-refractivity contribution in [3.63, 3.8) is 0 Å². The van der Waals surface area contributed by atoms with Gasteiger partial charge in [0.05, 0.1) is 6.42 Å². The molecule has 4 nitrogen and oxygen atoms in total. The Kier molecular flexibility index (Phi) is 7.23. The van der Waals surface area contributed by atoms with E-state index >= 15 is 0 Å². The Balaban J connectivity index is 0.000000331. The number of alkyl halides is 3. The molecule has 108 valence electrons. The first kappa shape index (κ1) is 17.7. The highest BCUT2D eigenvalue weighted by Crippen LogP contribution is 2.20. The number of carbonyl (C=O) groups is 1. The Bertz CT molecular complexity index is 358. The summed E-state index contributed by atoms with van der Waals surface area (Å²) in [6.45, 7) is 1.69. The van der Waals surface area contributed by atoms with Crippen molar-refractivity contribution >= 4 is 26.8 Å². The Morgan fingerprint density at radius 2 is 1.67 bits per heavy atom. The molecule has 1 heterocycles. The zero-order valence-electron chi connectivity index (χ0n) is 9.83. The van der Waals surface area contributed by atoms with Crippen LogP contribution in [0, 0.1) is 0 Å². The van der Waals surface area contributed by atoms with Crippen LogP contribution in [-0.4, -0.2) is 41.5 Å². The van der Waals surface area contributed by atoms with E-state index in [0.717, 1.165) is 6.42 Å². The maximum absolute atomic E-state index is 10.7. The van der Waals surface area contributed by atoms with E-state index in [1.165, 1.54) is 30.1 Å². The highest BCUT2D eigenvalue weighted by Gasteiger charge is 2.36. The summed E-state index contributed by atoms with van der Waals surface area (Å²) in [5.41, 5.74) is -5.65. The topological polar surface area (TPSA) is 74.3 Å². The molecule has 1 saturated heterocycles. The van der Waals surface area contributed by atoms with Crippen molar-refractivity contribution in [2.75, 3.05) is 17.3 Å². The fourth-order valence-electron chi connectivity index (χ4n) is 1.21. The van der Waals surface area contributed by atoms with E-state index in [1.54, 1.807) is 6.92 Å². The lowest BCUT2D eigenvalue weighted by atomic mass is 10.4. The monoisotopic (exact) mass is 308 g/mol. The lowest BCUT2D eigenvalue weighted by Crippen LogP contribution is -2.21. The molecule has 0 saturated carbocycles. The molecule has 0 radical (unpaired) electrons. The standard InChI is InChI=1S/C8H15OS.CHF3O3S/c1-8(9)4-7-10-5-2-3-6-10;2-1(3,4)8(5,6)7/h2-7H2,1H3;(H,5,6,7)/q+1;/p-1. The zero-order valence-corrected chi connectivity index (χ0v) is 11.5. The van der Waals surface area contributed by atoms with Gasteiger partial charge in [0.25, 0.3) is 0 Å². The second-order valence-electron chi connectivity index (χ2n) is 3.78. The second kappa shape index (κ2) is 7.34. The average Bonchev–Trinajstić information content (AvgIpc) is 2.64. The molecule has 0 atom stereocenters. The third kappa shape index (κ3) is 7.93. The molecule has 0 spiro atoms. The normalized spacial score (nSPS) is 17.2. The summed E-state index contributed by atoms with van der Waals surface area (Å²) in [5.74, 6) is 4.33. The number of halogens is 3. The number of ketones is 1. The molecule has 0 aliphatic carbocycles. The van der Waals surface area contributed by atoms with Crippen LogP contribution in [0.5, 0.6) is 0 Å². The number of hydrogen-bond acceptors (Lipinski definition) is 4. The van der Waals surface area contributed by atoms with Crippen LogP contribution in [0.2, 0.25) is 0 Å². The van der Waals surface area contributed by atoms with Gasteiger partial charge in [0.15, 0.2) is 10.1 Å². The van der Waals surface area contributed by atoms with E-state index < -0.39 is 15.6 Å². The molecule has 18 heavy (non-hydrogen) atoms. The molecule has 0 bridgehead atoms. The first-order chi connectivity index (χ1) is 8.04. The lowest BCUT2D eigenvalue weighted by molar-refractivity contribution is -0.116. The van der Waals surface area contributed by atoms with Crippen molar-refractivity contribution in [1.29, 1.82) is 0 Å². The molecule has 0 unspecified atom stereocenters. The van der Waals surface area contributed by atoms with Gasteiger partial charge in [0.1, 0.15) is 23.0 Å². The molecule has 1 aliphatic rings. The van der Waals surface area contributed by atoms with Gasteiger partial charge in [-0.25, -0.2) is 8.42 Å². The van der Waals surface area contributed by atoms with Crippen LogP contribution >= 0.6 is 0 Å². The highest BCUT2D eigenvalue weighted by molar-refractivity contribution is 7.97. The fraction of sp³-hybridized carbons (Fsp3) is 0.889.